The molecule has 0 bridgehead atoms. The normalized spacial score (nSPS) is 14.5. The first-order valence-corrected chi connectivity index (χ1v) is 10.1. The van der Waals surface area contributed by atoms with Crippen LogP contribution in [0.5, 0.6) is 0 Å². The zero-order valence-corrected chi connectivity index (χ0v) is 16.4. The molecule has 1 N–H and O–H groups in total. The Hall–Kier alpha value is -2.73. The fourth-order valence-electron chi connectivity index (χ4n) is 3.41. The Morgan fingerprint density at radius 3 is 2.54 bits per heavy atom. The highest BCUT2D eigenvalue weighted by molar-refractivity contribution is 7.13. The SMILES string of the molecule is CC1=C(c2ccc(NCc3c(F)cccc3F)cc2)CN(c2nccs2)CC1. The second kappa shape index (κ2) is 8.10. The number of nitrogens with zero attached hydrogens (tertiary/aromatic N) is 2. The molecule has 0 radical (unpaired) electrons. The van der Waals surface area contributed by atoms with Crippen molar-refractivity contribution in [2.75, 3.05) is 23.3 Å². The molecule has 1 aromatic heterocycles. The van der Waals surface area contributed by atoms with Crippen LogP contribution in [0.2, 0.25) is 0 Å². The van der Waals surface area contributed by atoms with E-state index in [1.165, 1.54) is 34.9 Å². The van der Waals surface area contributed by atoms with E-state index in [-0.39, 0.29) is 12.1 Å². The van der Waals surface area contributed by atoms with Gasteiger partial charge in [0.1, 0.15) is 11.6 Å². The smallest absolute Gasteiger partial charge is 0.185 e. The van der Waals surface area contributed by atoms with E-state index in [1.807, 2.05) is 23.7 Å². The van der Waals surface area contributed by atoms with Gasteiger partial charge in [0.2, 0.25) is 0 Å². The van der Waals surface area contributed by atoms with E-state index in [0.29, 0.717) is 0 Å². The molecule has 0 saturated carbocycles. The number of halogens is 2. The average molecular weight is 397 g/mol. The first-order valence-electron chi connectivity index (χ1n) is 9.22. The average Bonchev–Trinajstić information content (AvgIpc) is 3.23. The van der Waals surface area contributed by atoms with Gasteiger partial charge in [0.05, 0.1) is 0 Å². The lowest BCUT2D eigenvalue weighted by molar-refractivity contribution is 0.560. The molecule has 2 heterocycles. The van der Waals surface area contributed by atoms with Crippen LogP contribution in [0.15, 0.2) is 59.6 Å². The summed E-state index contributed by atoms with van der Waals surface area (Å²) in [7, 11) is 0. The maximum atomic E-state index is 13.8. The van der Waals surface area contributed by atoms with E-state index in [2.05, 4.69) is 34.3 Å². The number of thiazole rings is 1. The number of nitrogens with one attached hydrogen (secondary N) is 1. The van der Waals surface area contributed by atoms with Crippen molar-refractivity contribution in [3.8, 4) is 0 Å². The van der Waals surface area contributed by atoms with Crippen molar-refractivity contribution in [1.82, 2.24) is 4.98 Å². The highest BCUT2D eigenvalue weighted by Crippen LogP contribution is 2.31. The van der Waals surface area contributed by atoms with Crippen molar-refractivity contribution in [2.45, 2.75) is 19.9 Å². The van der Waals surface area contributed by atoms with E-state index < -0.39 is 11.6 Å². The summed E-state index contributed by atoms with van der Waals surface area (Å²) in [6.07, 6.45) is 2.85. The largest absolute Gasteiger partial charge is 0.381 e. The maximum absolute atomic E-state index is 13.8. The van der Waals surface area contributed by atoms with Gasteiger partial charge in [-0.1, -0.05) is 23.8 Å². The lowest BCUT2D eigenvalue weighted by atomic mass is 9.95. The molecule has 0 unspecified atom stereocenters. The molecular weight excluding hydrogens is 376 g/mol. The molecule has 0 saturated heterocycles. The molecule has 0 spiro atoms. The number of benzene rings is 2. The van der Waals surface area contributed by atoms with Gasteiger partial charge in [-0.3, -0.25) is 0 Å². The van der Waals surface area contributed by atoms with Crippen molar-refractivity contribution in [1.29, 1.82) is 0 Å². The van der Waals surface area contributed by atoms with Crippen LogP contribution < -0.4 is 10.2 Å². The van der Waals surface area contributed by atoms with E-state index in [0.717, 1.165) is 30.3 Å². The summed E-state index contributed by atoms with van der Waals surface area (Å²) in [5, 5.41) is 6.15. The van der Waals surface area contributed by atoms with Crippen LogP contribution in [0.3, 0.4) is 0 Å². The maximum Gasteiger partial charge on any atom is 0.185 e. The molecule has 0 aliphatic carbocycles. The quantitative estimate of drug-likeness (QED) is 0.597. The van der Waals surface area contributed by atoms with Crippen LogP contribution in [-0.2, 0) is 6.54 Å². The number of aromatic nitrogens is 1. The second-order valence-corrected chi connectivity index (χ2v) is 7.75. The molecule has 1 aliphatic rings. The van der Waals surface area contributed by atoms with Crippen molar-refractivity contribution < 1.29 is 8.78 Å². The van der Waals surface area contributed by atoms with Gasteiger partial charge in [0, 0.05) is 42.5 Å². The third kappa shape index (κ3) is 3.92. The van der Waals surface area contributed by atoms with Crippen molar-refractivity contribution in [3.63, 3.8) is 0 Å². The predicted octanol–water partition coefficient (Wildman–Crippen LogP) is 5.72. The van der Waals surface area contributed by atoms with Crippen LogP contribution in [0.1, 0.15) is 24.5 Å². The Morgan fingerprint density at radius 1 is 1.11 bits per heavy atom. The molecular formula is C22H21F2N3S. The monoisotopic (exact) mass is 397 g/mol. The summed E-state index contributed by atoms with van der Waals surface area (Å²) < 4.78 is 27.5. The number of rotatable bonds is 5. The van der Waals surface area contributed by atoms with E-state index >= 15 is 0 Å². The van der Waals surface area contributed by atoms with E-state index in [4.69, 9.17) is 0 Å². The third-order valence-corrected chi connectivity index (χ3v) is 5.91. The Morgan fingerprint density at radius 2 is 1.86 bits per heavy atom. The molecule has 1 aliphatic heterocycles. The number of anilines is 2. The first kappa shape index (κ1) is 18.6. The van der Waals surface area contributed by atoms with Crippen LogP contribution in [0.4, 0.5) is 19.6 Å². The highest BCUT2D eigenvalue weighted by Gasteiger charge is 2.19. The molecule has 3 aromatic rings. The van der Waals surface area contributed by atoms with Crippen molar-refractivity contribution >= 4 is 27.7 Å². The van der Waals surface area contributed by atoms with Crippen LogP contribution in [0.25, 0.3) is 5.57 Å². The van der Waals surface area contributed by atoms with Gasteiger partial charge in [0.15, 0.2) is 5.13 Å². The second-order valence-electron chi connectivity index (χ2n) is 6.88. The first-order chi connectivity index (χ1) is 13.6. The molecule has 6 heteroatoms. The number of hydrogen-bond acceptors (Lipinski definition) is 4. The van der Waals surface area contributed by atoms with Crippen LogP contribution in [0, 0.1) is 11.6 Å². The molecule has 28 heavy (non-hydrogen) atoms. The van der Waals surface area contributed by atoms with Crippen molar-refractivity contribution in [3.05, 3.63) is 82.4 Å². The zero-order valence-electron chi connectivity index (χ0n) is 15.6. The summed E-state index contributed by atoms with van der Waals surface area (Å²) in [5.74, 6) is -1.07. The van der Waals surface area contributed by atoms with Crippen LogP contribution in [-0.4, -0.2) is 18.1 Å². The van der Waals surface area contributed by atoms with Gasteiger partial charge in [-0.05, 0) is 48.7 Å². The minimum Gasteiger partial charge on any atom is -0.381 e. The molecule has 3 nitrogen and oxygen atoms in total. The Balaban J connectivity index is 1.47. The van der Waals surface area contributed by atoms with Gasteiger partial charge in [-0.15, -0.1) is 11.3 Å². The molecule has 0 fully saturated rings. The summed E-state index contributed by atoms with van der Waals surface area (Å²) >= 11 is 1.66. The molecule has 0 atom stereocenters. The van der Waals surface area contributed by atoms with Gasteiger partial charge in [0.25, 0.3) is 0 Å². The predicted molar refractivity (Wildman–Crippen MR) is 112 cm³/mol. The van der Waals surface area contributed by atoms with Gasteiger partial charge in [-0.25, -0.2) is 13.8 Å². The standard InChI is InChI=1S/C22H21F2N3S/c1-15-9-11-27(22-25-10-12-28-22)14-19(15)16-5-7-17(8-6-16)26-13-18-20(23)3-2-4-21(18)24/h2-8,10,12,26H,9,11,13-14H2,1H3. The fourth-order valence-corrected chi connectivity index (χ4v) is 4.08. The minimum atomic E-state index is -0.533. The fraction of sp³-hybridized carbons (Fsp3) is 0.227. The molecule has 0 amide bonds. The topological polar surface area (TPSA) is 28.2 Å². The molecule has 2 aromatic carbocycles. The van der Waals surface area contributed by atoms with Gasteiger partial charge < -0.3 is 10.2 Å². The third-order valence-electron chi connectivity index (χ3n) is 5.08. The lowest BCUT2D eigenvalue weighted by Gasteiger charge is -2.30. The van der Waals surface area contributed by atoms with E-state index in [1.54, 1.807) is 11.3 Å². The Labute approximate surface area is 167 Å². The Kier molecular flexibility index (Phi) is 5.39. The Bertz CT molecular complexity index is 961. The summed E-state index contributed by atoms with van der Waals surface area (Å²) in [6, 6.07) is 11.9. The highest BCUT2D eigenvalue weighted by atomic mass is 32.1. The van der Waals surface area contributed by atoms with Crippen molar-refractivity contribution in [2.24, 2.45) is 0 Å². The van der Waals surface area contributed by atoms with Crippen LogP contribution >= 0.6 is 11.3 Å². The summed E-state index contributed by atoms with van der Waals surface area (Å²) in [5.41, 5.74) is 4.75. The van der Waals surface area contributed by atoms with E-state index in [9.17, 15) is 8.78 Å². The number of hydrogen-bond donors (Lipinski definition) is 1. The molecule has 4 rings (SSSR count). The zero-order chi connectivity index (χ0) is 19.5. The van der Waals surface area contributed by atoms with Gasteiger partial charge in [-0.2, -0.15) is 0 Å². The summed E-state index contributed by atoms with van der Waals surface area (Å²) in [4.78, 5) is 6.73. The lowest BCUT2D eigenvalue weighted by Crippen LogP contribution is -2.30. The van der Waals surface area contributed by atoms with Gasteiger partial charge >= 0.3 is 0 Å². The minimum absolute atomic E-state index is 0.0523. The molecule has 144 valence electrons. The summed E-state index contributed by atoms with van der Waals surface area (Å²) in [6.45, 7) is 4.11.